The number of aromatic nitrogens is 1. The Morgan fingerprint density at radius 3 is 2.79 bits per heavy atom. The van der Waals surface area contributed by atoms with E-state index in [-0.39, 0.29) is 12.0 Å². The van der Waals surface area contributed by atoms with E-state index in [1.54, 1.807) is 18.4 Å². The lowest BCUT2D eigenvalue weighted by molar-refractivity contribution is -0.118. The third kappa shape index (κ3) is 4.43. The van der Waals surface area contributed by atoms with Gasteiger partial charge < -0.3 is 9.47 Å². The van der Waals surface area contributed by atoms with Crippen molar-refractivity contribution in [3.05, 3.63) is 53.6 Å². The summed E-state index contributed by atoms with van der Waals surface area (Å²) in [4.78, 5) is 20.0. The van der Waals surface area contributed by atoms with E-state index in [0.29, 0.717) is 13.0 Å². The van der Waals surface area contributed by atoms with E-state index in [2.05, 4.69) is 25.1 Å². The molecule has 6 heteroatoms. The van der Waals surface area contributed by atoms with Gasteiger partial charge in [0.2, 0.25) is 5.91 Å². The highest BCUT2D eigenvalue weighted by Crippen LogP contribution is 2.32. The Hall–Kier alpha value is -2.44. The molecule has 0 radical (unpaired) electrons. The summed E-state index contributed by atoms with van der Waals surface area (Å²) in [5.74, 6) is 0.832. The average Bonchev–Trinajstić information content (AvgIpc) is 3.41. The molecule has 1 unspecified atom stereocenters. The van der Waals surface area contributed by atoms with Crippen molar-refractivity contribution in [3.8, 4) is 5.75 Å². The normalized spacial score (nSPS) is 16.3. The predicted molar refractivity (Wildman–Crippen MR) is 117 cm³/mol. The largest absolute Gasteiger partial charge is 0.497 e. The molecule has 0 saturated carbocycles. The van der Waals surface area contributed by atoms with Gasteiger partial charge in [0.05, 0.1) is 36.4 Å². The van der Waals surface area contributed by atoms with E-state index in [9.17, 15) is 4.79 Å². The first-order valence-corrected chi connectivity index (χ1v) is 10.9. The van der Waals surface area contributed by atoms with Crippen LogP contribution in [0.15, 0.2) is 42.5 Å². The van der Waals surface area contributed by atoms with E-state index >= 15 is 0 Å². The first kappa shape index (κ1) is 19.9. The number of hydrogen-bond acceptors (Lipinski definition) is 5. The molecular weight excluding hydrogens is 384 g/mol. The van der Waals surface area contributed by atoms with Crippen LogP contribution in [0, 0.1) is 0 Å². The van der Waals surface area contributed by atoms with Crippen molar-refractivity contribution in [3.63, 3.8) is 0 Å². The van der Waals surface area contributed by atoms with Gasteiger partial charge >= 0.3 is 0 Å². The number of nitrogens with zero attached hydrogens (tertiary/aromatic N) is 2. The maximum Gasteiger partial charge on any atom is 0.233 e. The van der Waals surface area contributed by atoms with Crippen LogP contribution in [-0.2, 0) is 22.4 Å². The fourth-order valence-electron chi connectivity index (χ4n) is 3.69. The first-order valence-electron chi connectivity index (χ1n) is 10.1. The molecule has 1 amide bonds. The molecule has 0 aliphatic carbocycles. The summed E-state index contributed by atoms with van der Waals surface area (Å²) in [6, 6.07) is 13.9. The molecule has 29 heavy (non-hydrogen) atoms. The van der Waals surface area contributed by atoms with Gasteiger partial charge in [-0.2, -0.15) is 0 Å². The second-order valence-electron chi connectivity index (χ2n) is 7.28. The van der Waals surface area contributed by atoms with Crippen molar-refractivity contribution in [2.45, 2.75) is 38.7 Å². The van der Waals surface area contributed by atoms with Gasteiger partial charge in [-0.05, 0) is 48.6 Å². The number of methoxy groups -OCH3 is 1. The first-order chi connectivity index (χ1) is 14.2. The fourth-order valence-corrected chi connectivity index (χ4v) is 4.73. The van der Waals surface area contributed by atoms with Crippen molar-refractivity contribution in [1.29, 1.82) is 0 Å². The Balaban J connectivity index is 1.62. The number of aryl methyl sites for hydroxylation is 1. The summed E-state index contributed by atoms with van der Waals surface area (Å²) >= 11 is 1.58. The van der Waals surface area contributed by atoms with Crippen LogP contribution in [0.25, 0.3) is 10.2 Å². The molecule has 0 N–H and O–H groups in total. The zero-order valence-corrected chi connectivity index (χ0v) is 17.7. The minimum Gasteiger partial charge on any atom is -0.497 e. The second-order valence-corrected chi connectivity index (χ2v) is 8.29. The minimum absolute atomic E-state index is 0.0442. The Morgan fingerprint density at radius 2 is 2.10 bits per heavy atom. The van der Waals surface area contributed by atoms with E-state index in [0.717, 1.165) is 52.5 Å². The molecule has 152 valence electrons. The van der Waals surface area contributed by atoms with E-state index < -0.39 is 0 Å². The lowest BCUT2D eigenvalue weighted by atomic mass is 10.1. The van der Waals surface area contributed by atoms with Crippen molar-refractivity contribution >= 4 is 32.6 Å². The molecule has 2 heterocycles. The Labute approximate surface area is 175 Å². The number of anilines is 1. The second kappa shape index (κ2) is 8.93. The topological polar surface area (TPSA) is 51.7 Å². The number of para-hydroxylation sites is 1. The highest BCUT2D eigenvalue weighted by molar-refractivity contribution is 7.22. The van der Waals surface area contributed by atoms with Crippen LogP contribution in [0.5, 0.6) is 5.75 Å². The number of carbonyl (C=O) groups is 1. The maximum absolute atomic E-state index is 13.3. The van der Waals surface area contributed by atoms with Crippen LogP contribution in [-0.4, -0.2) is 37.3 Å². The zero-order valence-electron chi connectivity index (χ0n) is 16.9. The number of ether oxygens (including phenoxy) is 2. The molecule has 1 aromatic heterocycles. The van der Waals surface area contributed by atoms with Crippen LogP contribution in [0.1, 0.15) is 30.9 Å². The third-order valence-electron chi connectivity index (χ3n) is 5.33. The van der Waals surface area contributed by atoms with Gasteiger partial charge in [-0.1, -0.05) is 42.5 Å². The van der Waals surface area contributed by atoms with Gasteiger partial charge in [0.1, 0.15) is 5.75 Å². The van der Waals surface area contributed by atoms with E-state index in [1.165, 1.54) is 5.56 Å². The summed E-state index contributed by atoms with van der Waals surface area (Å²) in [5, 5.41) is 0.759. The molecular formula is C23H26N2O3S. The number of rotatable bonds is 7. The number of benzene rings is 2. The molecule has 5 nitrogen and oxygen atoms in total. The summed E-state index contributed by atoms with van der Waals surface area (Å²) in [7, 11) is 1.64. The molecule has 1 fully saturated rings. The van der Waals surface area contributed by atoms with Gasteiger partial charge in [0.25, 0.3) is 0 Å². The summed E-state index contributed by atoms with van der Waals surface area (Å²) in [6.45, 7) is 3.45. The van der Waals surface area contributed by atoms with Crippen molar-refractivity contribution < 1.29 is 14.3 Å². The average molecular weight is 411 g/mol. The number of fused-ring (bicyclic) bond motifs is 1. The van der Waals surface area contributed by atoms with Gasteiger partial charge in [0, 0.05) is 6.61 Å². The summed E-state index contributed by atoms with van der Waals surface area (Å²) in [6.07, 6.45) is 3.36. The third-order valence-corrected chi connectivity index (χ3v) is 6.37. The fraction of sp³-hybridized carbons (Fsp3) is 0.391. The van der Waals surface area contributed by atoms with E-state index in [1.807, 2.05) is 29.2 Å². The van der Waals surface area contributed by atoms with Crippen molar-refractivity contribution in [2.24, 2.45) is 0 Å². The van der Waals surface area contributed by atoms with Gasteiger partial charge in [0.15, 0.2) is 5.13 Å². The van der Waals surface area contributed by atoms with Crippen LogP contribution < -0.4 is 9.64 Å². The molecule has 0 bridgehead atoms. The monoisotopic (exact) mass is 410 g/mol. The number of amides is 1. The van der Waals surface area contributed by atoms with E-state index in [4.69, 9.17) is 14.5 Å². The molecule has 1 saturated heterocycles. The highest BCUT2D eigenvalue weighted by atomic mass is 32.1. The SMILES string of the molecule is CCc1cccc2sc(N(CC3CCCO3)C(=O)Cc3ccc(OC)cc3)nc12. The van der Waals surface area contributed by atoms with Crippen LogP contribution in [0.3, 0.4) is 0 Å². The van der Waals surface area contributed by atoms with Gasteiger partial charge in [-0.25, -0.2) is 4.98 Å². The van der Waals surface area contributed by atoms with Crippen LogP contribution in [0.2, 0.25) is 0 Å². The molecule has 2 aromatic carbocycles. The lowest BCUT2D eigenvalue weighted by Crippen LogP contribution is -2.38. The number of hydrogen-bond donors (Lipinski definition) is 0. The highest BCUT2D eigenvalue weighted by Gasteiger charge is 2.26. The minimum atomic E-state index is 0.0442. The number of thiazole rings is 1. The zero-order chi connectivity index (χ0) is 20.2. The predicted octanol–water partition coefficient (Wildman–Crippen LogP) is 4.62. The molecule has 1 atom stereocenters. The van der Waals surface area contributed by atoms with Gasteiger partial charge in [-0.15, -0.1) is 0 Å². The molecule has 0 spiro atoms. The van der Waals surface area contributed by atoms with Crippen LogP contribution in [0.4, 0.5) is 5.13 Å². The Morgan fingerprint density at radius 1 is 1.28 bits per heavy atom. The summed E-state index contributed by atoms with van der Waals surface area (Å²) < 4.78 is 12.2. The lowest BCUT2D eigenvalue weighted by Gasteiger charge is -2.23. The standard InChI is InChI=1S/C23H26N2O3S/c1-3-17-6-4-8-20-22(17)24-23(29-20)25(15-19-7-5-13-28-19)21(26)14-16-9-11-18(27-2)12-10-16/h4,6,8-12,19H,3,5,7,13-15H2,1-2H3. The van der Waals surface area contributed by atoms with Gasteiger partial charge in [-0.3, -0.25) is 9.69 Å². The van der Waals surface area contributed by atoms with Crippen molar-refractivity contribution in [2.75, 3.05) is 25.2 Å². The quantitative estimate of drug-likeness (QED) is 0.570. The Bertz CT molecular complexity index is 977. The molecule has 1 aliphatic rings. The summed E-state index contributed by atoms with van der Waals surface area (Å²) in [5.41, 5.74) is 3.18. The maximum atomic E-state index is 13.3. The smallest absolute Gasteiger partial charge is 0.233 e. The Kier molecular flexibility index (Phi) is 6.11. The van der Waals surface area contributed by atoms with Crippen LogP contribution >= 0.6 is 11.3 Å². The molecule has 3 aromatic rings. The number of carbonyl (C=O) groups excluding carboxylic acids is 1. The van der Waals surface area contributed by atoms with Crippen molar-refractivity contribution in [1.82, 2.24) is 4.98 Å². The molecule has 1 aliphatic heterocycles. The molecule has 4 rings (SSSR count).